The fourth-order valence-electron chi connectivity index (χ4n) is 2.67. The molecule has 17 heavy (non-hydrogen) atoms. The fourth-order valence-corrected chi connectivity index (χ4v) is 3.17. The van der Waals surface area contributed by atoms with E-state index in [2.05, 4.69) is 25.8 Å². The van der Waals surface area contributed by atoms with Gasteiger partial charge in [0.25, 0.3) is 0 Å². The molecule has 3 rings (SSSR count). The predicted octanol–water partition coefficient (Wildman–Crippen LogP) is 1.66. The molecule has 1 atom stereocenters. The molecule has 0 spiro atoms. The number of nitrogens with zero attached hydrogens (tertiary/aromatic N) is 3. The highest BCUT2D eigenvalue weighted by molar-refractivity contribution is 9.10. The quantitative estimate of drug-likeness (QED) is 0.791. The van der Waals surface area contributed by atoms with Crippen molar-refractivity contribution in [1.29, 1.82) is 0 Å². The molecule has 0 aliphatic carbocycles. The zero-order valence-corrected chi connectivity index (χ0v) is 11.1. The van der Waals surface area contributed by atoms with E-state index in [-0.39, 0.29) is 0 Å². The number of hydrogen-bond acceptors (Lipinski definition) is 3. The molecule has 0 saturated carbocycles. The summed E-state index contributed by atoms with van der Waals surface area (Å²) in [6.07, 6.45) is 3.51. The van der Waals surface area contributed by atoms with Crippen molar-refractivity contribution in [3.63, 3.8) is 0 Å². The van der Waals surface area contributed by atoms with Gasteiger partial charge in [0.1, 0.15) is 5.82 Å². The van der Waals surface area contributed by atoms with Crippen molar-refractivity contribution in [3.05, 3.63) is 22.8 Å². The fraction of sp³-hybridized carbons (Fsp3) is 0.500. The lowest BCUT2D eigenvalue weighted by atomic mass is 10.1. The number of halogens is 1. The number of hydrogen-bond donors (Lipinski definition) is 0. The van der Waals surface area contributed by atoms with Gasteiger partial charge in [0, 0.05) is 38.3 Å². The van der Waals surface area contributed by atoms with Crippen LogP contribution in [-0.2, 0) is 4.79 Å². The third kappa shape index (κ3) is 1.92. The molecule has 0 N–H and O–H groups in total. The Balaban J connectivity index is 1.80. The Labute approximate surface area is 109 Å². The van der Waals surface area contributed by atoms with Gasteiger partial charge in [-0.15, -0.1) is 0 Å². The second-order valence-electron chi connectivity index (χ2n) is 4.53. The molecule has 2 fully saturated rings. The third-order valence-electron chi connectivity index (χ3n) is 3.53. The summed E-state index contributed by atoms with van der Waals surface area (Å²) >= 11 is 3.53. The van der Waals surface area contributed by atoms with Crippen LogP contribution in [-0.4, -0.2) is 41.5 Å². The van der Waals surface area contributed by atoms with Crippen LogP contribution in [0.4, 0.5) is 5.82 Å². The van der Waals surface area contributed by atoms with Crippen LogP contribution in [0.2, 0.25) is 0 Å². The maximum Gasteiger partial charge on any atom is 0.223 e. The van der Waals surface area contributed by atoms with E-state index in [0.717, 1.165) is 36.3 Å². The highest BCUT2D eigenvalue weighted by atomic mass is 79.9. The van der Waals surface area contributed by atoms with Crippen molar-refractivity contribution in [3.8, 4) is 0 Å². The average Bonchev–Trinajstić information content (AvgIpc) is 2.71. The lowest BCUT2D eigenvalue weighted by Gasteiger charge is -2.38. The van der Waals surface area contributed by atoms with Crippen LogP contribution >= 0.6 is 15.9 Å². The first kappa shape index (κ1) is 11.0. The number of carbonyl (C=O) groups is 1. The van der Waals surface area contributed by atoms with Crippen molar-refractivity contribution < 1.29 is 4.79 Å². The van der Waals surface area contributed by atoms with Gasteiger partial charge in [0.05, 0.1) is 4.47 Å². The smallest absolute Gasteiger partial charge is 0.223 e. The molecule has 4 nitrogen and oxygen atoms in total. The summed E-state index contributed by atoms with van der Waals surface area (Å²) < 4.78 is 1.03. The van der Waals surface area contributed by atoms with E-state index in [1.807, 2.05) is 23.2 Å². The molecule has 0 aromatic carbocycles. The summed E-state index contributed by atoms with van der Waals surface area (Å²) in [6, 6.07) is 4.31. The SMILES string of the molecule is O=C1CCC2CN(c3ncccc3Br)CCN12. The number of aromatic nitrogens is 1. The van der Waals surface area contributed by atoms with Crippen molar-refractivity contribution in [2.45, 2.75) is 18.9 Å². The number of fused-ring (bicyclic) bond motifs is 1. The van der Waals surface area contributed by atoms with Gasteiger partial charge in [0.15, 0.2) is 0 Å². The summed E-state index contributed by atoms with van der Waals surface area (Å²) in [6.45, 7) is 2.60. The molecule has 90 valence electrons. The van der Waals surface area contributed by atoms with Crippen molar-refractivity contribution in [2.24, 2.45) is 0 Å². The first-order valence-corrected chi connectivity index (χ1v) is 6.70. The first-order chi connectivity index (χ1) is 8.25. The van der Waals surface area contributed by atoms with Gasteiger partial charge in [-0.1, -0.05) is 0 Å². The van der Waals surface area contributed by atoms with Gasteiger partial charge in [-0.05, 0) is 34.5 Å². The van der Waals surface area contributed by atoms with Gasteiger partial charge >= 0.3 is 0 Å². The average molecular weight is 296 g/mol. The first-order valence-electron chi connectivity index (χ1n) is 5.90. The molecule has 1 amide bonds. The molecular formula is C12H14BrN3O. The molecule has 2 saturated heterocycles. The molecule has 5 heteroatoms. The summed E-state index contributed by atoms with van der Waals surface area (Å²) in [5.74, 6) is 1.31. The Kier molecular flexibility index (Phi) is 2.78. The van der Waals surface area contributed by atoms with E-state index in [4.69, 9.17) is 0 Å². The van der Waals surface area contributed by atoms with Crippen molar-refractivity contribution in [1.82, 2.24) is 9.88 Å². The van der Waals surface area contributed by atoms with Crippen LogP contribution in [0.15, 0.2) is 22.8 Å². The second-order valence-corrected chi connectivity index (χ2v) is 5.39. The Bertz CT molecular complexity index is 451. The highest BCUT2D eigenvalue weighted by Gasteiger charge is 2.36. The van der Waals surface area contributed by atoms with Crippen LogP contribution in [0.3, 0.4) is 0 Å². The molecule has 2 aliphatic rings. The highest BCUT2D eigenvalue weighted by Crippen LogP contribution is 2.29. The van der Waals surface area contributed by atoms with Crippen molar-refractivity contribution in [2.75, 3.05) is 24.5 Å². The van der Waals surface area contributed by atoms with Gasteiger partial charge in [-0.2, -0.15) is 0 Å². The monoisotopic (exact) mass is 295 g/mol. The number of carbonyl (C=O) groups excluding carboxylic acids is 1. The van der Waals surface area contributed by atoms with Crippen LogP contribution < -0.4 is 4.90 Å². The molecule has 1 aromatic heterocycles. The van der Waals surface area contributed by atoms with E-state index in [1.165, 1.54) is 0 Å². The zero-order chi connectivity index (χ0) is 11.8. The molecule has 3 heterocycles. The van der Waals surface area contributed by atoms with Crippen LogP contribution in [0, 0.1) is 0 Å². The minimum absolute atomic E-state index is 0.315. The Morgan fingerprint density at radius 1 is 1.41 bits per heavy atom. The maximum atomic E-state index is 11.6. The van der Waals surface area contributed by atoms with E-state index >= 15 is 0 Å². The molecule has 2 aliphatic heterocycles. The lowest BCUT2D eigenvalue weighted by Crippen LogP contribution is -2.51. The minimum atomic E-state index is 0.315. The maximum absolute atomic E-state index is 11.6. The molecule has 1 aromatic rings. The number of anilines is 1. The van der Waals surface area contributed by atoms with Crippen molar-refractivity contribution >= 4 is 27.7 Å². The standard InChI is InChI=1S/C12H14BrN3O/c13-10-2-1-5-14-12(10)15-6-7-16-9(8-15)3-4-11(16)17/h1-2,5,9H,3-4,6-8H2. The topological polar surface area (TPSA) is 36.4 Å². The van der Waals surface area contributed by atoms with Crippen LogP contribution in [0.25, 0.3) is 0 Å². The Morgan fingerprint density at radius 2 is 2.29 bits per heavy atom. The zero-order valence-electron chi connectivity index (χ0n) is 9.47. The van der Waals surface area contributed by atoms with E-state index in [0.29, 0.717) is 18.4 Å². The summed E-state index contributed by atoms with van der Waals surface area (Å²) in [5.41, 5.74) is 0. The number of rotatable bonds is 1. The van der Waals surface area contributed by atoms with Crippen LogP contribution in [0.1, 0.15) is 12.8 Å². The number of piperazine rings is 1. The van der Waals surface area contributed by atoms with Gasteiger partial charge in [-0.25, -0.2) is 4.98 Å². The Morgan fingerprint density at radius 3 is 3.12 bits per heavy atom. The lowest BCUT2D eigenvalue weighted by molar-refractivity contribution is -0.129. The normalized spacial score (nSPS) is 24.1. The van der Waals surface area contributed by atoms with E-state index < -0.39 is 0 Å². The molecule has 0 radical (unpaired) electrons. The largest absolute Gasteiger partial charge is 0.352 e. The van der Waals surface area contributed by atoms with E-state index in [1.54, 1.807) is 0 Å². The molecule has 1 unspecified atom stereocenters. The molecule has 0 bridgehead atoms. The summed E-state index contributed by atoms with van der Waals surface area (Å²) in [7, 11) is 0. The van der Waals surface area contributed by atoms with E-state index in [9.17, 15) is 4.79 Å². The predicted molar refractivity (Wildman–Crippen MR) is 68.9 cm³/mol. The molecular weight excluding hydrogens is 282 g/mol. The number of amides is 1. The number of pyridine rings is 1. The second kappa shape index (κ2) is 4.29. The van der Waals surface area contributed by atoms with Crippen LogP contribution in [0.5, 0.6) is 0 Å². The third-order valence-corrected chi connectivity index (χ3v) is 4.15. The minimum Gasteiger partial charge on any atom is -0.352 e. The van der Waals surface area contributed by atoms with Gasteiger partial charge in [-0.3, -0.25) is 4.79 Å². The Hall–Kier alpha value is -1.10. The summed E-state index contributed by atoms with van der Waals surface area (Å²) in [5, 5.41) is 0. The van der Waals surface area contributed by atoms with Gasteiger partial charge < -0.3 is 9.80 Å². The summed E-state index contributed by atoms with van der Waals surface area (Å²) in [4.78, 5) is 20.3. The van der Waals surface area contributed by atoms with Gasteiger partial charge in [0.2, 0.25) is 5.91 Å².